The summed E-state index contributed by atoms with van der Waals surface area (Å²) >= 11 is 6.29. The van der Waals surface area contributed by atoms with Gasteiger partial charge in [0.05, 0.1) is 0 Å². The van der Waals surface area contributed by atoms with Crippen LogP contribution >= 0.6 is 11.6 Å². The first-order chi connectivity index (χ1) is 14.4. The number of piperidine rings is 1. The van der Waals surface area contributed by atoms with Crippen LogP contribution in [-0.4, -0.2) is 34.4 Å². The number of hydrogen-bond acceptors (Lipinski definition) is 2. The Labute approximate surface area is 181 Å². The number of benzene rings is 2. The second kappa shape index (κ2) is 8.52. The van der Waals surface area contributed by atoms with Gasteiger partial charge in [-0.2, -0.15) is 0 Å². The van der Waals surface area contributed by atoms with Crippen molar-refractivity contribution in [2.75, 3.05) is 13.1 Å². The molecule has 156 valence electrons. The molecular formula is C24H26ClN3O2. The second-order valence-electron chi connectivity index (χ2n) is 8.08. The molecule has 0 radical (unpaired) electrons. The van der Waals surface area contributed by atoms with Gasteiger partial charge in [-0.05, 0) is 42.2 Å². The number of likely N-dealkylation sites (tertiary alicyclic amines) is 1. The molecule has 30 heavy (non-hydrogen) atoms. The van der Waals surface area contributed by atoms with Gasteiger partial charge >= 0.3 is 0 Å². The molecule has 2 N–H and O–H groups in total. The number of aromatic nitrogens is 1. The summed E-state index contributed by atoms with van der Waals surface area (Å²) in [5.74, 6) is -0.405. The summed E-state index contributed by atoms with van der Waals surface area (Å²) in [6.45, 7) is 1.15. The van der Waals surface area contributed by atoms with E-state index in [1.807, 2.05) is 48.3 Å². The van der Waals surface area contributed by atoms with Crippen molar-refractivity contribution in [2.45, 2.75) is 25.2 Å². The minimum absolute atomic E-state index is 0.0934. The Kier molecular flexibility index (Phi) is 5.82. The molecule has 1 aliphatic rings. The smallest absolute Gasteiger partial charge is 0.223 e. The van der Waals surface area contributed by atoms with Gasteiger partial charge < -0.3 is 15.2 Å². The number of hydrogen-bond donors (Lipinski definition) is 1. The van der Waals surface area contributed by atoms with E-state index in [0.717, 1.165) is 22.0 Å². The minimum atomic E-state index is -0.269. The summed E-state index contributed by atoms with van der Waals surface area (Å²) in [4.78, 5) is 26.5. The molecule has 2 heterocycles. The van der Waals surface area contributed by atoms with Crippen LogP contribution in [0.15, 0.2) is 54.7 Å². The molecule has 4 rings (SSSR count). The second-order valence-corrected chi connectivity index (χ2v) is 8.52. The van der Waals surface area contributed by atoms with Gasteiger partial charge in [0.15, 0.2) is 0 Å². The zero-order valence-corrected chi connectivity index (χ0v) is 17.8. The molecule has 1 aliphatic heterocycles. The van der Waals surface area contributed by atoms with E-state index in [4.69, 9.17) is 17.3 Å². The highest BCUT2D eigenvalue weighted by Crippen LogP contribution is 2.36. The summed E-state index contributed by atoms with van der Waals surface area (Å²) < 4.78 is 2.10. The maximum Gasteiger partial charge on any atom is 0.223 e. The molecule has 2 aromatic carbocycles. The number of amides is 2. The van der Waals surface area contributed by atoms with Crippen LogP contribution in [0.25, 0.3) is 10.9 Å². The van der Waals surface area contributed by atoms with Crippen molar-refractivity contribution in [1.82, 2.24) is 9.47 Å². The highest BCUT2D eigenvalue weighted by atomic mass is 35.5. The van der Waals surface area contributed by atoms with Crippen LogP contribution in [0, 0.1) is 5.92 Å². The number of fused-ring (bicyclic) bond motifs is 1. The van der Waals surface area contributed by atoms with Crippen LogP contribution in [0.3, 0.4) is 0 Å². The summed E-state index contributed by atoms with van der Waals surface area (Å²) in [6, 6.07) is 16.0. The van der Waals surface area contributed by atoms with Crippen LogP contribution in [0.4, 0.5) is 0 Å². The fourth-order valence-corrected chi connectivity index (χ4v) is 4.70. The molecule has 1 fully saturated rings. The molecule has 1 saturated heterocycles. The summed E-state index contributed by atoms with van der Waals surface area (Å²) in [7, 11) is 2.03. The third-order valence-corrected chi connectivity index (χ3v) is 6.42. The van der Waals surface area contributed by atoms with E-state index in [1.165, 1.54) is 0 Å². The number of nitrogens with zero attached hydrogens (tertiary/aromatic N) is 2. The van der Waals surface area contributed by atoms with Crippen molar-refractivity contribution in [3.63, 3.8) is 0 Å². The largest absolute Gasteiger partial charge is 0.369 e. The van der Waals surface area contributed by atoms with E-state index in [0.29, 0.717) is 37.4 Å². The quantitative estimate of drug-likeness (QED) is 0.671. The molecule has 0 aliphatic carbocycles. The van der Waals surface area contributed by atoms with E-state index >= 15 is 0 Å². The lowest BCUT2D eigenvalue weighted by molar-refractivity contribution is -0.135. The Morgan fingerprint density at radius 1 is 1.13 bits per heavy atom. The van der Waals surface area contributed by atoms with Gasteiger partial charge in [-0.25, -0.2) is 0 Å². The van der Waals surface area contributed by atoms with Crippen molar-refractivity contribution in [1.29, 1.82) is 0 Å². The first-order valence-electron chi connectivity index (χ1n) is 10.3. The summed E-state index contributed by atoms with van der Waals surface area (Å²) in [6.07, 6.45) is 3.74. The number of para-hydroxylation sites is 1. The van der Waals surface area contributed by atoms with Crippen molar-refractivity contribution in [3.05, 3.63) is 70.9 Å². The van der Waals surface area contributed by atoms with Gasteiger partial charge in [0.1, 0.15) is 0 Å². The standard InChI is InChI=1S/C24H26ClN3O2/c1-27-15-21(19-7-2-3-8-22(19)27)20(17-5-4-6-18(25)13-17)14-23(29)28-11-9-16(10-12-28)24(26)30/h2-8,13,15-16,20H,9-12,14H2,1H3,(H2,26,30). The third-order valence-electron chi connectivity index (χ3n) is 6.18. The molecular weight excluding hydrogens is 398 g/mol. The molecule has 1 atom stereocenters. The van der Waals surface area contributed by atoms with E-state index in [-0.39, 0.29) is 23.7 Å². The molecule has 0 bridgehead atoms. The van der Waals surface area contributed by atoms with Crippen molar-refractivity contribution >= 4 is 34.3 Å². The Bertz CT molecular complexity index is 1080. The molecule has 1 unspecified atom stereocenters. The Balaban J connectivity index is 1.65. The van der Waals surface area contributed by atoms with E-state index < -0.39 is 0 Å². The Hall–Kier alpha value is -2.79. The number of carbonyl (C=O) groups excluding carboxylic acids is 2. The molecule has 1 aromatic heterocycles. The van der Waals surface area contributed by atoms with Crippen LogP contribution in [-0.2, 0) is 16.6 Å². The van der Waals surface area contributed by atoms with Gasteiger partial charge in [0.25, 0.3) is 0 Å². The Morgan fingerprint density at radius 2 is 1.87 bits per heavy atom. The number of primary amides is 1. The average molecular weight is 424 g/mol. The maximum atomic E-state index is 13.2. The third kappa shape index (κ3) is 4.08. The number of aryl methyl sites for hydroxylation is 1. The predicted molar refractivity (Wildman–Crippen MR) is 119 cm³/mol. The number of nitrogens with two attached hydrogens (primary N) is 1. The highest BCUT2D eigenvalue weighted by Gasteiger charge is 2.29. The normalized spacial score (nSPS) is 16.0. The SMILES string of the molecule is Cn1cc(C(CC(=O)N2CCC(C(N)=O)CC2)c2cccc(Cl)c2)c2ccccc21. The lowest BCUT2D eigenvalue weighted by atomic mass is 9.87. The zero-order chi connectivity index (χ0) is 21.3. The van der Waals surface area contributed by atoms with E-state index in [1.54, 1.807) is 0 Å². The van der Waals surface area contributed by atoms with Crippen LogP contribution in [0.2, 0.25) is 5.02 Å². The van der Waals surface area contributed by atoms with Gasteiger partial charge in [0.2, 0.25) is 11.8 Å². The molecule has 6 heteroatoms. The van der Waals surface area contributed by atoms with Crippen LogP contribution < -0.4 is 5.73 Å². The van der Waals surface area contributed by atoms with Crippen LogP contribution in [0.5, 0.6) is 0 Å². The fourth-order valence-electron chi connectivity index (χ4n) is 4.50. The minimum Gasteiger partial charge on any atom is -0.369 e. The lowest BCUT2D eigenvalue weighted by Gasteiger charge is -2.32. The topological polar surface area (TPSA) is 68.3 Å². The first-order valence-corrected chi connectivity index (χ1v) is 10.7. The molecule has 2 amide bonds. The van der Waals surface area contributed by atoms with Gasteiger partial charge in [-0.1, -0.05) is 41.9 Å². The lowest BCUT2D eigenvalue weighted by Crippen LogP contribution is -2.42. The molecule has 0 spiro atoms. The highest BCUT2D eigenvalue weighted by molar-refractivity contribution is 6.30. The summed E-state index contributed by atoms with van der Waals surface area (Å²) in [5, 5.41) is 1.80. The van der Waals surface area contributed by atoms with Crippen LogP contribution in [0.1, 0.15) is 36.3 Å². The number of carbonyl (C=O) groups is 2. The van der Waals surface area contributed by atoms with E-state index in [2.05, 4.69) is 22.9 Å². The fraction of sp³-hybridized carbons (Fsp3) is 0.333. The first kappa shape index (κ1) is 20.5. The summed E-state index contributed by atoms with van der Waals surface area (Å²) in [5.41, 5.74) is 8.72. The van der Waals surface area contributed by atoms with Crippen molar-refractivity contribution in [3.8, 4) is 0 Å². The maximum absolute atomic E-state index is 13.2. The molecule has 5 nitrogen and oxygen atoms in total. The zero-order valence-electron chi connectivity index (χ0n) is 17.1. The van der Waals surface area contributed by atoms with Gasteiger partial charge in [-0.15, -0.1) is 0 Å². The monoisotopic (exact) mass is 423 g/mol. The van der Waals surface area contributed by atoms with Crippen molar-refractivity contribution < 1.29 is 9.59 Å². The van der Waals surface area contributed by atoms with Crippen molar-refractivity contribution in [2.24, 2.45) is 18.7 Å². The Morgan fingerprint density at radius 3 is 2.57 bits per heavy atom. The molecule has 0 saturated carbocycles. The number of halogens is 1. The van der Waals surface area contributed by atoms with E-state index in [9.17, 15) is 9.59 Å². The van der Waals surface area contributed by atoms with Gasteiger partial charge in [0, 0.05) is 60.5 Å². The number of rotatable bonds is 5. The van der Waals surface area contributed by atoms with Gasteiger partial charge in [-0.3, -0.25) is 9.59 Å². The average Bonchev–Trinajstić information content (AvgIpc) is 3.08. The predicted octanol–water partition coefficient (Wildman–Crippen LogP) is 4.08. The molecule has 3 aromatic rings.